The van der Waals surface area contributed by atoms with Crippen LogP contribution in [0.5, 0.6) is 0 Å². The van der Waals surface area contributed by atoms with Crippen LogP contribution in [0.4, 0.5) is 13.2 Å². The van der Waals surface area contributed by atoms with Crippen molar-refractivity contribution >= 4 is 0 Å². The molecule has 0 aromatic rings. The molecule has 0 fully saturated rings. The van der Waals surface area contributed by atoms with Gasteiger partial charge in [-0.25, -0.2) is 0 Å². The second-order valence-corrected chi connectivity index (χ2v) is 3.72. The van der Waals surface area contributed by atoms with E-state index in [9.17, 15) is 13.2 Å². The molecule has 16 heavy (non-hydrogen) atoms. The molecule has 0 heterocycles. The van der Waals surface area contributed by atoms with Gasteiger partial charge >= 0.3 is 6.18 Å². The normalized spacial score (nSPS) is 15.9. The maximum absolute atomic E-state index is 12.3. The fourth-order valence-electron chi connectivity index (χ4n) is 1.13. The van der Waals surface area contributed by atoms with Gasteiger partial charge in [-0.2, -0.15) is 13.2 Å². The Morgan fingerprint density at radius 3 is 1.94 bits per heavy atom. The molecular weight excluding hydrogens is 213 g/mol. The standard InChI is InChI=1S/C13H17F3/c1-6-7-9(2)12(5)10(3)8-11(4)13(14,15)16/h6-8H,1H2,2-5H3/b9-7+,11-8+,12-10+. The Balaban J connectivity index is 5.21. The van der Waals surface area contributed by atoms with Crippen molar-refractivity contribution < 1.29 is 13.2 Å². The predicted octanol–water partition coefficient (Wildman–Crippen LogP) is 4.96. The quantitative estimate of drug-likeness (QED) is 0.601. The molecule has 0 spiro atoms. The Kier molecular flexibility index (Phi) is 5.28. The summed E-state index contributed by atoms with van der Waals surface area (Å²) < 4.78 is 36.9. The van der Waals surface area contributed by atoms with E-state index in [2.05, 4.69) is 6.58 Å². The van der Waals surface area contributed by atoms with Crippen LogP contribution in [0.15, 0.2) is 47.1 Å². The van der Waals surface area contributed by atoms with E-state index in [0.717, 1.165) is 24.1 Å². The van der Waals surface area contributed by atoms with Gasteiger partial charge in [-0.3, -0.25) is 0 Å². The molecule has 0 unspecified atom stereocenters. The molecule has 0 aromatic heterocycles. The first-order valence-electron chi connectivity index (χ1n) is 4.92. The van der Waals surface area contributed by atoms with E-state index in [-0.39, 0.29) is 0 Å². The molecule has 0 bridgehead atoms. The summed E-state index contributed by atoms with van der Waals surface area (Å²) in [6, 6.07) is 0. The van der Waals surface area contributed by atoms with Crippen molar-refractivity contribution in [3.05, 3.63) is 47.1 Å². The van der Waals surface area contributed by atoms with Gasteiger partial charge in [0.1, 0.15) is 0 Å². The van der Waals surface area contributed by atoms with Gasteiger partial charge in [-0.1, -0.05) is 24.8 Å². The van der Waals surface area contributed by atoms with E-state index in [1.165, 1.54) is 0 Å². The topological polar surface area (TPSA) is 0 Å². The zero-order chi connectivity index (χ0) is 12.9. The van der Waals surface area contributed by atoms with E-state index < -0.39 is 11.7 Å². The Morgan fingerprint density at radius 1 is 1.06 bits per heavy atom. The van der Waals surface area contributed by atoms with E-state index in [1.807, 2.05) is 6.92 Å². The molecule has 0 aliphatic heterocycles. The van der Waals surface area contributed by atoms with Crippen LogP contribution in [0, 0.1) is 0 Å². The van der Waals surface area contributed by atoms with Gasteiger partial charge in [0.25, 0.3) is 0 Å². The number of allylic oxidation sites excluding steroid dienone is 7. The van der Waals surface area contributed by atoms with Crippen LogP contribution in [-0.2, 0) is 0 Å². The average Bonchev–Trinajstić information content (AvgIpc) is 2.15. The molecule has 0 saturated carbocycles. The third-order valence-corrected chi connectivity index (χ3v) is 2.43. The third-order valence-electron chi connectivity index (χ3n) is 2.43. The highest BCUT2D eigenvalue weighted by Crippen LogP contribution is 2.27. The van der Waals surface area contributed by atoms with Gasteiger partial charge in [0.2, 0.25) is 0 Å². The molecule has 90 valence electrons. The van der Waals surface area contributed by atoms with Crippen molar-refractivity contribution in [3.8, 4) is 0 Å². The van der Waals surface area contributed by atoms with E-state index >= 15 is 0 Å². The summed E-state index contributed by atoms with van der Waals surface area (Å²) in [7, 11) is 0. The predicted molar refractivity (Wildman–Crippen MR) is 62.1 cm³/mol. The zero-order valence-corrected chi connectivity index (χ0v) is 10.1. The Morgan fingerprint density at radius 2 is 1.56 bits per heavy atom. The van der Waals surface area contributed by atoms with Crippen LogP contribution in [0.25, 0.3) is 0 Å². The summed E-state index contributed by atoms with van der Waals surface area (Å²) in [4.78, 5) is 0. The van der Waals surface area contributed by atoms with Crippen LogP contribution in [0.1, 0.15) is 27.7 Å². The van der Waals surface area contributed by atoms with Crippen molar-refractivity contribution in [2.75, 3.05) is 0 Å². The molecule has 0 aromatic carbocycles. The second-order valence-electron chi connectivity index (χ2n) is 3.72. The first-order chi connectivity index (χ1) is 7.20. The first kappa shape index (κ1) is 14.8. The van der Waals surface area contributed by atoms with Crippen LogP contribution >= 0.6 is 0 Å². The van der Waals surface area contributed by atoms with E-state index in [1.54, 1.807) is 26.0 Å². The lowest BCUT2D eigenvalue weighted by Gasteiger charge is -2.09. The van der Waals surface area contributed by atoms with E-state index in [0.29, 0.717) is 5.57 Å². The molecule has 0 saturated heterocycles. The van der Waals surface area contributed by atoms with Gasteiger partial charge in [0, 0.05) is 5.57 Å². The van der Waals surface area contributed by atoms with Gasteiger partial charge in [0.05, 0.1) is 0 Å². The van der Waals surface area contributed by atoms with Gasteiger partial charge in [0.15, 0.2) is 0 Å². The maximum Gasteiger partial charge on any atom is 0.412 e. The van der Waals surface area contributed by atoms with Crippen molar-refractivity contribution in [1.29, 1.82) is 0 Å². The number of alkyl halides is 3. The molecule has 0 atom stereocenters. The largest absolute Gasteiger partial charge is 0.412 e. The van der Waals surface area contributed by atoms with Crippen molar-refractivity contribution in [2.45, 2.75) is 33.9 Å². The van der Waals surface area contributed by atoms with E-state index in [4.69, 9.17) is 0 Å². The monoisotopic (exact) mass is 230 g/mol. The number of hydrogen-bond acceptors (Lipinski definition) is 0. The van der Waals surface area contributed by atoms with Gasteiger partial charge in [-0.15, -0.1) is 0 Å². The molecule has 0 radical (unpaired) electrons. The second kappa shape index (κ2) is 5.73. The minimum atomic E-state index is -4.25. The van der Waals surface area contributed by atoms with Gasteiger partial charge < -0.3 is 0 Å². The molecular formula is C13H17F3. The van der Waals surface area contributed by atoms with Crippen molar-refractivity contribution in [3.63, 3.8) is 0 Å². The molecule has 0 nitrogen and oxygen atoms in total. The zero-order valence-electron chi connectivity index (χ0n) is 10.1. The molecule has 0 aliphatic rings. The number of halogens is 3. The fraction of sp³-hybridized carbons (Fsp3) is 0.385. The Labute approximate surface area is 94.9 Å². The Hall–Kier alpha value is -1.25. The van der Waals surface area contributed by atoms with Crippen molar-refractivity contribution in [2.24, 2.45) is 0 Å². The SMILES string of the molecule is C=C/C=C(C)/C(C)=C(C)/C=C(\C)C(F)(F)F. The summed E-state index contributed by atoms with van der Waals surface area (Å²) in [5.74, 6) is 0. The minimum absolute atomic E-state index is 0.587. The lowest BCUT2D eigenvalue weighted by Crippen LogP contribution is -2.09. The lowest BCUT2D eigenvalue weighted by molar-refractivity contribution is -0.0913. The smallest absolute Gasteiger partial charge is 0.166 e. The highest BCUT2D eigenvalue weighted by atomic mass is 19.4. The molecule has 0 rings (SSSR count). The van der Waals surface area contributed by atoms with Crippen LogP contribution in [0.3, 0.4) is 0 Å². The summed E-state index contributed by atoms with van der Waals surface area (Å²) in [6.07, 6.45) is 0.301. The summed E-state index contributed by atoms with van der Waals surface area (Å²) >= 11 is 0. The van der Waals surface area contributed by atoms with Gasteiger partial charge in [-0.05, 0) is 44.4 Å². The third kappa shape index (κ3) is 4.51. The lowest BCUT2D eigenvalue weighted by atomic mass is 10.0. The molecule has 0 N–H and O–H groups in total. The van der Waals surface area contributed by atoms with Crippen molar-refractivity contribution in [1.82, 2.24) is 0 Å². The highest BCUT2D eigenvalue weighted by molar-refractivity contribution is 5.39. The summed E-state index contributed by atoms with van der Waals surface area (Å²) in [5.41, 5.74) is 1.78. The average molecular weight is 230 g/mol. The first-order valence-corrected chi connectivity index (χ1v) is 4.92. The molecule has 3 heteroatoms. The minimum Gasteiger partial charge on any atom is -0.166 e. The highest BCUT2D eigenvalue weighted by Gasteiger charge is 2.29. The Bertz CT molecular complexity index is 352. The summed E-state index contributed by atoms with van der Waals surface area (Å²) in [5, 5.41) is 0. The molecule has 0 aliphatic carbocycles. The fourth-order valence-corrected chi connectivity index (χ4v) is 1.13. The number of rotatable bonds is 3. The molecule has 0 amide bonds. The van der Waals surface area contributed by atoms with Crippen LogP contribution < -0.4 is 0 Å². The van der Waals surface area contributed by atoms with Crippen LogP contribution in [0.2, 0.25) is 0 Å². The number of hydrogen-bond donors (Lipinski definition) is 0. The van der Waals surface area contributed by atoms with Crippen LogP contribution in [-0.4, -0.2) is 6.18 Å². The maximum atomic E-state index is 12.3. The summed E-state index contributed by atoms with van der Waals surface area (Å²) in [6.45, 7) is 9.93.